The minimum absolute atomic E-state index is 0.0849. The number of amides is 1. The van der Waals surface area contributed by atoms with Crippen molar-refractivity contribution in [3.63, 3.8) is 0 Å². The Morgan fingerprint density at radius 1 is 1.09 bits per heavy atom. The number of hydrogen-bond donors (Lipinski definition) is 0. The Labute approximate surface area is 197 Å². The summed E-state index contributed by atoms with van der Waals surface area (Å²) in [5.41, 5.74) is 2.86. The highest BCUT2D eigenvalue weighted by Crippen LogP contribution is 2.34. The van der Waals surface area contributed by atoms with Gasteiger partial charge in [-0.05, 0) is 42.8 Å². The molecule has 1 aromatic heterocycles. The van der Waals surface area contributed by atoms with Crippen molar-refractivity contribution in [3.05, 3.63) is 64.9 Å². The van der Waals surface area contributed by atoms with Gasteiger partial charge in [0.05, 0.1) is 25.8 Å². The van der Waals surface area contributed by atoms with Gasteiger partial charge in [-0.15, -0.1) is 11.3 Å². The first-order valence-electron chi connectivity index (χ1n) is 11.1. The molecule has 33 heavy (non-hydrogen) atoms. The van der Waals surface area contributed by atoms with E-state index in [9.17, 15) is 9.18 Å². The van der Waals surface area contributed by atoms with Gasteiger partial charge in [-0.2, -0.15) is 0 Å². The minimum Gasteiger partial charge on any atom is -0.493 e. The third kappa shape index (κ3) is 5.89. The second-order valence-corrected chi connectivity index (χ2v) is 8.76. The number of aromatic nitrogens is 1. The minimum atomic E-state index is -0.285. The maximum Gasteiger partial charge on any atom is 0.227 e. The van der Waals surface area contributed by atoms with Crippen molar-refractivity contribution in [2.24, 2.45) is 0 Å². The molecule has 0 unspecified atom stereocenters. The number of methoxy groups -OCH3 is 1. The molecule has 6 nitrogen and oxygen atoms in total. The van der Waals surface area contributed by atoms with Gasteiger partial charge in [0, 0.05) is 43.7 Å². The smallest absolute Gasteiger partial charge is 0.227 e. The lowest BCUT2D eigenvalue weighted by Crippen LogP contribution is -2.48. The van der Waals surface area contributed by atoms with Crippen LogP contribution in [0.5, 0.6) is 11.5 Å². The molecule has 1 aliphatic rings. The van der Waals surface area contributed by atoms with Crippen molar-refractivity contribution in [2.75, 3.05) is 39.9 Å². The first-order valence-corrected chi connectivity index (χ1v) is 11.9. The van der Waals surface area contributed by atoms with E-state index in [0.29, 0.717) is 31.9 Å². The Morgan fingerprint density at radius 3 is 2.55 bits per heavy atom. The number of nitrogens with zero attached hydrogens (tertiary/aromatic N) is 3. The zero-order valence-corrected chi connectivity index (χ0v) is 19.7. The van der Waals surface area contributed by atoms with Gasteiger partial charge in [-0.3, -0.25) is 9.69 Å². The Balaban J connectivity index is 1.31. The summed E-state index contributed by atoms with van der Waals surface area (Å²) in [5.74, 6) is 1.23. The number of ether oxygens (including phenoxy) is 2. The molecule has 0 saturated carbocycles. The van der Waals surface area contributed by atoms with Crippen molar-refractivity contribution in [1.29, 1.82) is 0 Å². The number of rotatable bonds is 8. The standard InChI is InChI=1S/C25H28FN3O3S/c1-3-32-22-9-6-19(15-23(22)31-2)25-27-21(17-33-25)16-28-10-12-29(13-11-28)24(30)14-18-4-7-20(26)8-5-18/h4-9,15,17H,3,10-14,16H2,1-2H3. The SMILES string of the molecule is CCOc1ccc(-c2nc(CN3CCN(C(=O)Cc4ccc(F)cc4)CC3)cs2)cc1OC. The molecule has 0 N–H and O–H groups in total. The Bertz CT molecular complexity index is 1080. The van der Waals surface area contributed by atoms with Crippen LogP contribution in [0.1, 0.15) is 18.2 Å². The fourth-order valence-corrected chi connectivity index (χ4v) is 4.67. The molecule has 1 fully saturated rings. The molecular weight excluding hydrogens is 441 g/mol. The number of hydrogen-bond acceptors (Lipinski definition) is 6. The number of halogens is 1. The highest BCUT2D eigenvalue weighted by atomic mass is 32.1. The van der Waals surface area contributed by atoms with Crippen LogP contribution in [0.25, 0.3) is 10.6 Å². The molecule has 8 heteroatoms. The van der Waals surface area contributed by atoms with E-state index in [1.54, 1.807) is 30.6 Å². The van der Waals surface area contributed by atoms with Gasteiger partial charge in [0.1, 0.15) is 10.8 Å². The van der Waals surface area contributed by atoms with Crippen molar-refractivity contribution in [1.82, 2.24) is 14.8 Å². The Hall–Kier alpha value is -2.97. The van der Waals surface area contributed by atoms with E-state index in [1.165, 1.54) is 12.1 Å². The summed E-state index contributed by atoms with van der Waals surface area (Å²) in [6.07, 6.45) is 0.307. The lowest BCUT2D eigenvalue weighted by Gasteiger charge is -2.34. The normalized spacial score (nSPS) is 14.3. The third-order valence-electron chi connectivity index (χ3n) is 5.64. The number of carbonyl (C=O) groups is 1. The molecule has 174 valence electrons. The van der Waals surface area contributed by atoms with E-state index < -0.39 is 0 Å². The molecule has 0 radical (unpaired) electrons. The second-order valence-electron chi connectivity index (χ2n) is 7.90. The largest absolute Gasteiger partial charge is 0.493 e. The summed E-state index contributed by atoms with van der Waals surface area (Å²) in [6.45, 7) is 6.27. The summed E-state index contributed by atoms with van der Waals surface area (Å²) >= 11 is 1.61. The van der Waals surface area contributed by atoms with E-state index in [1.807, 2.05) is 30.0 Å². The van der Waals surface area contributed by atoms with Crippen LogP contribution in [0.2, 0.25) is 0 Å². The number of carbonyl (C=O) groups excluding carboxylic acids is 1. The van der Waals surface area contributed by atoms with Gasteiger partial charge in [-0.1, -0.05) is 12.1 Å². The highest BCUT2D eigenvalue weighted by molar-refractivity contribution is 7.13. The van der Waals surface area contributed by atoms with Crippen molar-refractivity contribution < 1.29 is 18.7 Å². The molecule has 0 aliphatic carbocycles. The zero-order valence-electron chi connectivity index (χ0n) is 18.9. The van der Waals surface area contributed by atoms with Crippen LogP contribution in [0, 0.1) is 5.82 Å². The van der Waals surface area contributed by atoms with Crippen LogP contribution in [0.3, 0.4) is 0 Å². The molecule has 4 rings (SSSR count). The third-order valence-corrected chi connectivity index (χ3v) is 6.58. The monoisotopic (exact) mass is 469 g/mol. The first kappa shape index (κ1) is 23.2. The molecule has 2 aromatic carbocycles. The van der Waals surface area contributed by atoms with Crippen LogP contribution in [-0.2, 0) is 17.8 Å². The lowest BCUT2D eigenvalue weighted by atomic mass is 10.1. The molecule has 0 spiro atoms. The first-order chi connectivity index (χ1) is 16.1. The second kappa shape index (κ2) is 10.8. The predicted octanol–water partition coefficient (Wildman–Crippen LogP) is 4.24. The number of benzene rings is 2. The van der Waals surface area contributed by atoms with Gasteiger partial charge in [0.25, 0.3) is 0 Å². The lowest BCUT2D eigenvalue weighted by molar-refractivity contribution is -0.132. The summed E-state index contributed by atoms with van der Waals surface area (Å²) in [5, 5.41) is 3.03. The summed E-state index contributed by atoms with van der Waals surface area (Å²) in [7, 11) is 1.64. The van der Waals surface area contributed by atoms with Crippen molar-refractivity contribution >= 4 is 17.2 Å². The fraction of sp³-hybridized carbons (Fsp3) is 0.360. The van der Waals surface area contributed by atoms with Crippen LogP contribution < -0.4 is 9.47 Å². The predicted molar refractivity (Wildman–Crippen MR) is 127 cm³/mol. The maximum absolute atomic E-state index is 13.1. The molecule has 1 aliphatic heterocycles. The van der Waals surface area contributed by atoms with Gasteiger partial charge >= 0.3 is 0 Å². The van der Waals surface area contributed by atoms with Gasteiger partial charge < -0.3 is 14.4 Å². The van der Waals surface area contributed by atoms with Crippen LogP contribution in [0.4, 0.5) is 4.39 Å². The Morgan fingerprint density at radius 2 is 1.85 bits per heavy atom. The molecule has 1 saturated heterocycles. The molecular formula is C25H28FN3O3S. The van der Waals surface area contributed by atoms with E-state index >= 15 is 0 Å². The van der Waals surface area contributed by atoms with Crippen molar-refractivity contribution in [2.45, 2.75) is 19.9 Å². The molecule has 0 atom stereocenters. The van der Waals surface area contributed by atoms with Gasteiger partial charge in [0.15, 0.2) is 11.5 Å². The van der Waals surface area contributed by atoms with E-state index in [0.717, 1.165) is 47.2 Å². The van der Waals surface area contributed by atoms with Crippen LogP contribution in [0.15, 0.2) is 47.8 Å². The number of thiazole rings is 1. The quantitative estimate of drug-likeness (QED) is 0.494. The molecule has 1 amide bonds. The van der Waals surface area contributed by atoms with Gasteiger partial charge in [0.2, 0.25) is 5.91 Å². The maximum atomic E-state index is 13.1. The van der Waals surface area contributed by atoms with Crippen LogP contribution >= 0.6 is 11.3 Å². The molecule has 0 bridgehead atoms. The number of piperazine rings is 1. The van der Waals surface area contributed by atoms with E-state index in [4.69, 9.17) is 14.5 Å². The van der Waals surface area contributed by atoms with E-state index in [2.05, 4.69) is 10.3 Å². The molecule has 3 aromatic rings. The summed E-state index contributed by atoms with van der Waals surface area (Å²) < 4.78 is 24.1. The topological polar surface area (TPSA) is 54.9 Å². The average molecular weight is 470 g/mol. The molecule has 2 heterocycles. The van der Waals surface area contributed by atoms with E-state index in [-0.39, 0.29) is 11.7 Å². The zero-order chi connectivity index (χ0) is 23.2. The summed E-state index contributed by atoms with van der Waals surface area (Å²) in [4.78, 5) is 21.6. The van der Waals surface area contributed by atoms with Crippen molar-refractivity contribution in [3.8, 4) is 22.1 Å². The van der Waals surface area contributed by atoms with Gasteiger partial charge in [-0.25, -0.2) is 9.37 Å². The highest BCUT2D eigenvalue weighted by Gasteiger charge is 2.22. The Kier molecular flexibility index (Phi) is 7.57. The fourth-order valence-electron chi connectivity index (χ4n) is 3.86. The van der Waals surface area contributed by atoms with Crippen LogP contribution in [-0.4, -0.2) is 60.6 Å². The average Bonchev–Trinajstić information content (AvgIpc) is 3.30. The summed E-state index contributed by atoms with van der Waals surface area (Å²) in [6, 6.07) is 12.0.